The molecular weight excluding hydrogens is 312 g/mol. The standard InChI is InChI=1S/C19H26N6/c1-15-21-12-18(25(15)17-8-6-5-7-9-17)11-20-13-19(23(2)3)16-10-22-24(4)14-16/h5-10,12,14,19-20H,11,13H2,1-4H3/t19-/m0/s1. The Morgan fingerprint density at radius 2 is 1.92 bits per heavy atom. The monoisotopic (exact) mass is 338 g/mol. The summed E-state index contributed by atoms with van der Waals surface area (Å²) in [5.41, 5.74) is 3.52. The van der Waals surface area contributed by atoms with Gasteiger partial charge in [-0.3, -0.25) is 9.25 Å². The van der Waals surface area contributed by atoms with E-state index in [1.54, 1.807) is 0 Å². The van der Waals surface area contributed by atoms with Crippen molar-refractivity contribution in [2.45, 2.75) is 19.5 Å². The van der Waals surface area contributed by atoms with E-state index in [9.17, 15) is 0 Å². The number of imidazole rings is 1. The van der Waals surface area contributed by atoms with Crippen molar-refractivity contribution >= 4 is 0 Å². The van der Waals surface area contributed by atoms with Crippen LogP contribution in [0.5, 0.6) is 0 Å². The molecule has 3 rings (SSSR count). The van der Waals surface area contributed by atoms with Gasteiger partial charge in [-0.1, -0.05) is 18.2 Å². The molecule has 0 aliphatic carbocycles. The molecule has 0 amide bonds. The van der Waals surface area contributed by atoms with E-state index < -0.39 is 0 Å². The minimum atomic E-state index is 0.280. The minimum Gasteiger partial charge on any atom is -0.309 e. The highest BCUT2D eigenvalue weighted by molar-refractivity contribution is 5.35. The Hall–Kier alpha value is -2.44. The van der Waals surface area contributed by atoms with Crippen molar-refractivity contribution in [3.05, 3.63) is 66.0 Å². The molecule has 0 aliphatic rings. The van der Waals surface area contributed by atoms with Crippen LogP contribution < -0.4 is 5.32 Å². The van der Waals surface area contributed by atoms with Crippen LogP contribution in [0.4, 0.5) is 0 Å². The highest BCUT2D eigenvalue weighted by Crippen LogP contribution is 2.17. The van der Waals surface area contributed by atoms with E-state index in [4.69, 9.17) is 0 Å². The molecule has 2 heterocycles. The summed E-state index contributed by atoms with van der Waals surface area (Å²) in [4.78, 5) is 6.70. The number of para-hydroxylation sites is 1. The van der Waals surface area contributed by atoms with Gasteiger partial charge in [0.05, 0.1) is 18.1 Å². The van der Waals surface area contributed by atoms with Crippen LogP contribution in [0, 0.1) is 6.92 Å². The van der Waals surface area contributed by atoms with Crippen molar-refractivity contribution in [1.82, 2.24) is 29.5 Å². The van der Waals surface area contributed by atoms with Crippen molar-refractivity contribution in [2.75, 3.05) is 20.6 Å². The summed E-state index contributed by atoms with van der Waals surface area (Å²) in [5, 5.41) is 7.87. The van der Waals surface area contributed by atoms with Gasteiger partial charge in [0.25, 0.3) is 0 Å². The van der Waals surface area contributed by atoms with Crippen molar-refractivity contribution in [3.63, 3.8) is 0 Å². The molecule has 0 radical (unpaired) electrons. The smallest absolute Gasteiger partial charge is 0.110 e. The number of hydrogen-bond acceptors (Lipinski definition) is 4. The fourth-order valence-corrected chi connectivity index (χ4v) is 3.09. The summed E-state index contributed by atoms with van der Waals surface area (Å²) < 4.78 is 4.04. The maximum absolute atomic E-state index is 4.49. The topological polar surface area (TPSA) is 50.9 Å². The van der Waals surface area contributed by atoms with Crippen LogP contribution in [-0.4, -0.2) is 44.9 Å². The van der Waals surface area contributed by atoms with Gasteiger partial charge in [0.15, 0.2) is 0 Å². The zero-order valence-corrected chi connectivity index (χ0v) is 15.3. The number of aryl methyl sites for hydroxylation is 2. The third-order valence-corrected chi connectivity index (χ3v) is 4.40. The van der Waals surface area contributed by atoms with E-state index in [0.29, 0.717) is 0 Å². The van der Waals surface area contributed by atoms with Gasteiger partial charge < -0.3 is 10.2 Å². The molecule has 0 fully saturated rings. The second-order valence-corrected chi connectivity index (χ2v) is 6.53. The molecule has 6 nitrogen and oxygen atoms in total. The molecule has 0 bridgehead atoms. The molecule has 0 aliphatic heterocycles. The van der Waals surface area contributed by atoms with E-state index in [1.807, 2.05) is 37.1 Å². The van der Waals surface area contributed by atoms with Crippen LogP contribution in [0.15, 0.2) is 48.9 Å². The number of nitrogens with one attached hydrogen (secondary N) is 1. The summed E-state index contributed by atoms with van der Waals surface area (Å²) >= 11 is 0. The third kappa shape index (κ3) is 3.97. The van der Waals surface area contributed by atoms with Gasteiger partial charge in [0.2, 0.25) is 0 Å². The second-order valence-electron chi connectivity index (χ2n) is 6.53. The number of likely N-dealkylation sites (N-methyl/N-ethyl adjacent to an activating group) is 1. The fraction of sp³-hybridized carbons (Fsp3) is 0.368. The molecule has 2 aromatic heterocycles. The maximum atomic E-state index is 4.49. The minimum absolute atomic E-state index is 0.280. The zero-order valence-electron chi connectivity index (χ0n) is 15.3. The fourth-order valence-electron chi connectivity index (χ4n) is 3.09. The maximum Gasteiger partial charge on any atom is 0.110 e. The summed E-state index contributed by atoms with van der Waals surface area (Å²) in [5.74, 6) is 0.999. The van der Waals surface area contributed by atoms with Gasteiger partial charge in [-0.25, -0.2) is 4.98 Å². The molecule has 25 heavy (non-hydrogen) atoms. The predicted octanol–water partition coefficient (Wildman–Crippen LogP) is 2.31. The Balaban J connectivity index is 1.70. The first-order chi connectivity index (χ1) is 12.1. The van der Waals surface area contributed by atoms with Gasteiger partial charge in [0.1, 0.15) is 5.82 Å². The number of nitrogens with zero attached hydrogens (tertiary/aromatic N) is 5. The number of benzene rings is 1. The molecule has 1 aromatic carbocycles. The average molecular weight is 338 g/mol. The van der Waals surface area contributed by atoms with Crippen molar-refractivity contribution < 1.29 is 0 Å². The highest BCUT2D eigenvalue weighted by Gasteiger charge is 2.16. The van der Waals surface area contributed by atoms with Crippen LogP contribution in [0.1, 0.15) is 23.1 Å². The van der Waals surface area contributed by atoms with Crippen molar-refractivity contribution in [3.8, 4) is 5.69 Å². The molecule has 0 spiro atoms. The molecule has 1 atom stereocenters. The molecule has 6 heteroatoms. The first-order valence-electron chi connectivity index (χ1n) is 8.50. The summed E-state index contributed by atoms with van der Waals surface area (Å²) in [6.45, 7) is 3.65. The van der Waals surface area contributed by atoms with Gasteiger partial charge >= 0.3 is 0 Å². The lowest BCUT2D eigenvalue weighted by atomic mass is 10.1. The van der Waals surface area contributed by atoms with Crippen LogP contribution >= 0.6 is 0 Å². The second kappa shape index (κ2) is 7.63. The van der Waals surface area contributed by atoms with Crippen LogP contribution in [0.3, 0.4) is 0 Å². The third-order valence-electron chi connectivity index (χ3n) is 4.40. The predicted molar refractivity (Wildman–Crippen MR) is 99.6 cm³/mol. The van der Waals surface area contributed by atoms with Gasteiger partial charge in [-0.15, -0.1) is 0 Å². The lowest BCUT2D eigenvalue weighted by Gasteiger charge is -2.23. The number of rotatable bonds is 7. The van der Waals surface area contributed by atoms with Gasteiger partial charge in [-0.05, 0) is 33.2 Å². The Bertz CT molecular complexity index is 802. The van der Waals surface area contributed by atoms with Gasteiger partial charge in [0, 0.05) is 43.6 Å². The highest BCUT2D eigenvalue weighted by atomic mass is 15.2. The van der Waals surface area contributed by atoms with Crippen LogP contribution in [-0.2, 0) is 13.6 Å². The molecule has 3 aromatic rings. The van der Waals surface area contributed by atoms with Crippen LogP contribution in [0.25, 0.3) is 5.69 Å². The normalized spacial score (nSPS) is 12.7. The largest absolute Gasteiger partial charge is 0.309 e. The van der Waals surface area contributed by atoms with E-state index in [2.05, 4.69) is 69.4 Å². The zero-order chi connectivity index (χ0) is 17.8. The van der Waals surface area contributed by atoms with E-state index in [-0.39, 0.29) is 6.04 Å². The SMILES string of the molecule is Cc1ncc(CNC[C@@H](c2cnn(C)c2)N(C)C)n1-c1ccccc1. The lowest BCUT2D eigenvalue weighted by molar-refractivity contribution is 0.288. The molecule has 0 saturated carbocycles. The van der Waals surface area contributed by atoms with Crippen LogP contribution in [0.2, 0.25) is 0 Å². The first kappa shape index (κ1) is 17.4. The Morgan fingerprint density at radius 3 is 2.56 bits per heavy atom. The number of hydrogen-bond donors (Lipinski definition) is 1. The van der Waals surface area contributed by atoms with Crippen molar-refractivity contribution in [2.24, 2.45) is 7.05 Å². The summed E-state index contributed by atoms with van der Waals surface area (Å²) in [6.07, 6.45) is 5.96. The lowest BCUT2D eigenvalue weighted by Crippen LogP contribution is -2.31. The molecular formula is C19H26N6. The van der Waals surface area contributed by atoms with E-state index in [1.165, 1.54) is 5.56 Å². The molecule has 0 unspecified atom stereocenters. The summed E-state index contributed by atoms with van der Waals surface area (Å²) in [7, 11) is 6.14. The van der Waals surface area contributed by atoms with E-state index >= 15 is 0 Å². The molecule has 0 saturated heterocycles. The van der Waals surface area contributed by atoms with E-state index in [0.717, 1.165) is 30.3 Å². The molecule has 1 N–H and O–H groups in total. The Morgan fingerprint density at radius 1 is 1.16 bits per heavy atom. The van der Waals surface area contributed by atoms with Crippen molar-refractivity contribution in [1.29, 1.82) is 0 Å². The summed E-state index contributed by atoms with van der Waals surface area (Å²) in [6, 6.07) is 10.6. The number of aromatic nitrogens is 4. The Kier molecular flexibility index (Phi) is 5.31. The first-order valence-corrected chi connectivity index (χ1v) is 8.50. The molecule has 132 valence electrons. The van der Waals surface area contributed by atoms with Gasteiger partial charge in [-0.2, -0.15) is 5.10 Å². The quantitative estimate of drug-likeness (QED) is 0.718. The Labute approximate surface area is 149 Å². The average Bonchev–Trinajstić information content (AvgIpc) is 3.18.